The minimum absolute atomic E-state index is 0.229. The summed E-state index contributed by atoms with van der Waals surface area (Å²) in [6.45, 7) is -0.571. The van der Waals surface area contributed by atoms with E-state index in [0.29, 0.717) is 4.47 Å². The molecule has 0 aromatic carbocycles. The van der Waals surface area contributed by atoms with Gasteiger partial charge in [-0.2, -0.15) is 10.2 Å². The molecule has 0 unspecified atom stereocenters. The average Bonchev–Trinajstić information content (AvgIpc) is 3.38. The third kappa shape index (κ3) is 12.4. The smallest absolute Gasteiger partial charge is 0.324 e. The molecule has 228 valence electrons. The van der Waals surface area contributed by atoms with Crippen molar-refractivity contribution in [3.8, 4) is 11.6 Å². The molecule has 0 spiro atoms. The maximum Gasteiger partial charge on any atom is 0.339 e. The van der Waals surface area contributed by atoms with Gasteiger partial charge in [-0.3, -0.25) is 28.1 Å². The molecule has 0 amide bonds. The van der Waals surface area contributed by atoms with E-state index in [9.17, 15) is 57.4 Å². The maximum absolute atomic E-state index is 11.4. The number of nitrogens with zero attached hydrogens (tertiary/aromatic N) is 7. The standard InChI is InChI=1S/C17H26BrN7O12P4/c18-13-5-16(24-3-1-14(20-24)7-22(9-38(26,27)28)10-39(29,30)31)19-17(6-13)25-4-2-15(21-25)8-23(11-40(32,33)34)12-41(35,36)37/h1-6H,7-12H2,(H2,26,27,28)(H2,29,30,31)(H2,32,33,34)(H2,35,36,37). The van der Waals surface area contributed by atoms with Crippen molar-refractivity contribution in [3.05, 3.63) is 52.5 Å². The molecule has 3 aromatic heterocycles. The molecule has 3 heterocycles. The Kier molecular flexibility index (Phi) is 10.8. The van der Waals surface area contributed by atoms with E-state index < -0.39 is 55.5 Å². The highest BCUT2D eigenvalue weighted by atomic mass is 79.9. The summed E-state index contributed by atoms with van der Waals surface area (Å²) in [5, 5.41) is 8.54. The van der Waals surface area contributed by atoms with Crippen molar-refractivity contribution >= 4 is 46.3 Å². The van der Waals surface area contributed by atoms with Gasteiger partial charge in [0.1, 0.15) is 25.1 Å². The van der Waals surface area contributed by atoms with E-state index in [2.05, 4.69) is 31.1 Å². The molecule has 19 nitrogen and oxygen atoms in total. The molecule has 0 aliphatic heterocycles. The van der Waals surface area contributed by atoms with E-state index in [4.69, 9.17) is 0 Å². The second-order valence-electron chi connectivity index (χ2n) is 8.89. The van der Waals surface area contributed by atoms with Gasteiger partial charge < -0.3 is 39.1 Å². The number of halogens is 1. The zero-order valence-electron chi connectivity index (χ0n) is 20.7. The molecule has 24 heteroatoms. The highest BCUT2D eigenvalue weighted by molar-refractivity contribution is 9.10. The molecule has 0 radical (unpaired) electrons. The number of aromatic nitrogens is 5. The lowest BCUT2D eigenvalue weighted by atomic mass is 10.4. The Hall–Kier alpha value is -1.43. The van der Waals surface area contributed by atoms with Crippen LogP contribution in [-0.4, -0.2) is 98.6 Å². The molecular weight excluding hydrogens is 698 g/mol. The lowest BCUT2D eigenvalue weighted by molar-refractivity contribution is 0.268. The molecule has 0 fully saturated rings. The van der Waals surface area contributed by atoms with Gasteiger partial charge in [-0.15, -0.1) is 0 Å². The topological polar surface area (TPSA) is 285 Å². The van der Waals surface area contributed by atoms with Gasteiger partial charge in [-0.25, -0.2) is 14.3 Å². The monoisotopic (exact) mass is 723 g/mol. The van der Waals surface area contributed by atoms with Crippen LogP contribution in [0.15, 0.2) is 41.1 Å². The quantitative estimate of drug-likeness (QED) is 0.104. The average molecular weight is 724 g/mol. The number of hydrogen-bond donors (Lipinski definition) is 8. The molecule has 0 aliphatic rings. The lowest BCUT2D eigenvalue weighted by Crippen LogP contribution is -2.26. The molecule has 41 heavy (non-hydrogen) atoms. The fourth-order valence-corrected chi connectivity index (χ4v) is 7.25. The van der Waals surface area contributed by atoms with Crippen molar-refractivity contribution in [2.75, 3.05) is 25.1 Å². The summed E-state index contributed by atoms with van der Waals surface area (Å²) in [5.74, 6) is 0.498. The molecule has 8 N–H and O–H groups in total. The van der Waals surface area contributed by atoms with Gasteiger partial charge in [0.05, 0.1) is 11.4 Å². The Labute approximate surface area is 240 Å². The van der Waals surface area contributed by atoms with Crippen molar-refractivity contribution < 1.29 is 57.4 Å². The molecule has 0 saturated carbocycles. The van der Waals surface area contributed by atoms with Crippen LogP contribution in [0.2, 0.25) is 0 Å². The molecular formula is C17H26BrN7O12P4. The molecule has 3 rings (SSSR count). The van der Waals surface area contributed by atoms with Gasteiger partial charge >= 0.3 is 30.4 Å². The molecule has 0 aliphatic carbocycles. The second-order valence-corrected chi connectivity index (χ2v) is 16.3. The van der Waals surface area contributed by atoms with Crippen LogP contribution in [0.25, 0.3) is 11.6 Å². The first-order chi connectivity index (χ1) is 18.6. The fourth-order valence-electron chi connectivity index (χ4n) is 3.64. The van der Waals surface area contributed by atoms with Crippen molar-refractivity contribution in [1.82, 2.24) is 34.3 Å². The summed E-state index contributed by atoms with van der Waals surface area (Å²) in [4.78, 5) is 80.3. The summed E-state index contributed by atoms with van der Waals surface area (Å²) < 4.78 is 48.8. The highest BCUT2D eigenvalue weighted by Crippen LogP contribution is 2.42. The van der Waals surface area contributed by atoms with Crippen LogP contribution in [0.3, 0.4) is 0 Å². The first-order valence-electron chi connectivity index (χ1n) is 11.0. The van der Waals surface area contributed by atoms with Gasteiger partial charge in [0.2, 0.25) is 0 Å². The van der Waals surface area contributed by atoms with Gasteiger partial charge in [0, 0.05) is 30.0 Å². The Balaban J connectivity index is 1.83. The Morgan fingerprint density at radius 1 is 0.634 bits per heavy atom. The zero-order valence-corrected chi connectivity index (χ0v) is 25.9. The summed E-state index contributed by atoms with van der Waals surface area (Å²) in [5.41, 5.74) is 0.457. The summed E-state index contributed by atoms with van der Waals surface area (Å²) >= 11 is 3.35. The number of hydrogen-bond acceptors (Lipinski definition) is 9. The van der Waals surface area contributed by atoms with Gasteiger partial charge in [-0.1, -0.05) is 15.9 Å². The maximum atomic E-state index is 11.4. The molecule has 3 aromatic rings. The van der Waals surface area contributed by atoms with Crippen molar-refractivity contribution in [2.45, 2.75) is 13.1 Å². The van der Waals surface area contributed by atoms with Crippen molar-refractivity contribution in [1.29, 1.82) is 0 Å². The first-order valence-corrected chi connectivity index (χ1v) is 19.0. The van der Waals surface area contributed by atoms with Crippen molar-refractivity contribution in [2.24, 2.45) is 0 Å². The molecule has 0 bridgehead atoms. The largest absolute Gasteiger partial charge is 0.339 e. The normalized spacial score (nSPS) is 13.4. The summed E-state index contributed by atoms with van der Waals surface area (Å²) in [6, 6.07) is 6.10. The zero-order chi connectivity index (χ0) is 30.8. The minimum Gasteiger partial charge on any atom is -0.324 e. The summed E-state index contributed by atoms with van der Waals surface area (Å²) in [7, 11) is -18.5. The first kappa shape index (κ1) is 34.1. The highest BCUT2D eigenvalue weighted by Gasteiger charge is 2.28. The lowest BCUT2D eigenvalue weighted by Gasteiger charge is -2.21. The third-order valence-electron chi connectivity index (χ3n) is 4.83. The van der Waals surface area contributed by atoms with Crippen LogP contribution in [0.5, 0.6) is 0 Å². The Morgan fingerprint density at radius 2 is 0.951 bits per heavy atom. The van der Waals surface area contributed by atoms with Crippen molar-refractivity contribution in [3.63, 3.8) is 0 Å². The van der Waals surface area contributed by atoms with Crippen LogP contribution in [0, 0.1) is 0 Å². The third-order valence-corrected chi connectivity index (χ3v) is 8.36. The predicted molar refractivity (Wildman–Crippen MR) is 145 cm³/mol. The van der Waals surface area contributed by atoms with E-state index in [-0.39, 0.29) is 36.1 Å². The Morgan fingerprint density at radius 3 is 1.24 bits per heavy atom. The molecule has 0 atom stereocenters. The van der Waals surface area contributed by atoms with Crippen LogP contribution in [0.1, 0.15) is 11.4 Å². The minimum atomic E-state index is -4.63. The second kappa shape index (κ2) is 13.1. The van der Waals surface area contributed by atoms with Gasteiger partial charge in [0.15, 0.2) is 11.6 Å². The van der Waals surface area contributed by atoms with Crippen LogP contribution in [0.4, 0.5) is 0 Å². The van der Waals surface area contributed by atoms with E-state index >= 15 is 0 Å². The van der Waals surface area contributed by atoms with E-state index in [1.165, 1.54) is 33.9 Å². The number of rotatable bonds is 14. The number of pyridine rings is 1. The summed E-state index contributed by atoms with van der Waals surface area (Å²) in [6.07, 6.45) is -0.649. The predicted octanol–water partition coefficient (Wildman–Crippen LogP) is 0.360. The van der Waals surface area contributed by atoms with E-state index in [1.807, 2.05) is 0 Å². The van der Waals surface area contributed by atoms with Crippen LogP contribution in [-0.2, 0) is 31.3 Å². The SMILES string of the molecule is O=P(O)(O)CN(Cc1ccn(-c2cc(Br)cc(-n3ccc(CN(CP(=O)(O)O)CP(=O)(O)O)n3)n2)n1)CP(=O)(O)O. The van der Waals surface area contributed by atoms with E-state index in [0.717, 1.165) is 9.80 Å². The Bertz CT molecular complexity index is 1400. The fraction of sp³-hybridized carbons (Fsp3) is 0.353. The van der Waals surface area contributed by atoms with Crippen LogP contribution >= 0.6 is 46.3 Å². The molecule has 0 saturated heterocycles. The van der Waals surface area contributed by atoms with Gasteiger partial charge in [0.25, 0.3) is 0 Å². The van der Waals surface area contributed by atoms with Crippen LogP contribution < -0.4 is 0 Å². The van der Waals surface area contributed by atoms with Gasteiger partial charge in [-0.05, 0) is 24.3 Å². The van der Waals surface area contributed by atoms with E-state index in [1.54, 1.807) is 12.1 Å².